The summed E-state index contributed by atoms with van der Waals surface area (Å²) in [6.07, 6.45) is 0. The molecule has 0 spiro atoms. The van der Waals surface area contributed by atoms with E-state index >= 15 is 0 Å². The number of benzene rings is 10. The molecule has 0 aliphatic rings. The Bertz CT molecular complexity index is 3250. The second-order valence-corrected chi connectivity index (χ2v) is 14.5. The molecule has 2 heteroatoms. The lowest BCUT2D eigenvalue weighted by atomic mass is 9.90. The molecule has 0 atom stereocenters. The standard InChI is InChI=1S/C54H35NO/c1-2-14-38(15-3-1)53-48-22-8-6-19-45(48)46-20-7-9-23-49(46)54(53)55(43-30-27-37(28-31-43)41-26-25-36-13-4-5-16-39(36)33-41)44-18-12-17-40(34-44)42-29-32-52-50(35-42)47-21-10-11-24-51(47)56-52/h1-35H. The average Bonchev–Trinajstić information content (AvgIpc) is 3.65. The van der Waals surface area contributed by atoms with Crippen LogP contribution in [0.4, 0.5) is 17.1 Å². The van der Waals surface area contributed by atoms with Gasteiger partial charge in [0, 0.05) is 33.1 Å². The number of hydrogen-bond donors (Lipinski definition) is 0. The van der Waals surface area contributed by atoms with Crippen molar-refractivity contribution in [3.8, 4) is 33.4 Å². The quantitative estimate of drug-likeness (QED) is 0.160. The first-order valence-corrected chi connectivity index (χ1v) is 19.2. The van der Waals surface area contributed by atoms with E-state index < -0.39 is 0 Å². The van der Waals surface area contributed by atoms with Crippen molar-refractivity contribution in [2.24, 2.45) is 0 Å². The first-order chi connectivity index (χ1) is 27.8. The van der Waals surface area contributed by atoms with Crippen LogP contribution >= 0.6 is 0 Å². The van der Waals surface area contributed by atoms with Crippen LogP contribution in [0.15, 0.2) is 217 Å². The number of anilines is 3. The van der Waals surface area contributed by atoms with Gasteiger partial charge in [-0.15, -0.1) is 0 Å². The van der Waals surface area contributed by atoms with Crippen molar-refractivity contribution in [2.45, 2.75) is 0 Å². The fraction of sp³-hybridized carbons (Fsp3) is 0. The first-order valence-electron chi connectivity index (χ1n) is 19.2. The van der Waals surface area contributed by atoms with Gasteiger partial charge in [-0.1, -0.05) is 164 Å². The van der Waals surface area contributed by atoms with Gasteiger partial charge in [-0.25, -0.2) is 0 Å². The molecule has 0 fully saturated rings. The van der Waals surface area contributed by atoms with E-state index in [9.17, 15) is 0 Å². The Morgan fingerprint density at radius 3 is 1.68 bits per heavy atom. The Morgan fingerprint density at radius 2 is 0.857 bits per heavy atom. The zero-order valence-electron chi connectivity index (χ0n) is 30.6. The Balaban J connectivity index is 1.16. The molecule has 0 aliphatic carbocycles. The molecule has 0 N–H and O–H groups in total. The fourth-order valence-corrected chi connectivity index (χ4v) is 8.56. The molecule has 0 saturated carbocycles. The number of nitrogens with zero attached hydrogens (tertiary/aromatic N) is 1. The molecular weight excluding hydrogens is 679 g/mol. The van der Waals surface area contributed by atoms with Crippen LogP contribution in [0, 0.1) is 0 Å². The number of hydrogen-bond acceptors (Lipinski definition) is 2. The lowest BCUT2D eigenvalue weighted by molar-refractivity contribution is 0.669. The predicted molar refractivity (Wildman–Crippen MR) is 237 cm³/mol. The van der Waals surface area contributed by atoms with Crippen molar-refractivity contribution in [3.63, 3.8) is 0 Å². The van der Waals surface area contributed by atoms with Crippen LogP contribution in [0.25, 0.3) is 87.6 Å². The highest BCUT2D eigenvalue weighted by atomic mass is 16.3. The number of rotatable bonds is 6. The molecule has 11 aromatic rings. The van der Waals surface area contributed by atoms with E-state index in [2.05, 4.69) is 205 Å². The van der Waals surface area contributed by atoms with Gasteiger partial charge < -0.3 is 9.32 Å². The van der Waals surface area contributed by atoms with Crippen molar-refractivity contribution in [1.82, 2.24) is 0 Å². The summed E-state index contributed by atoms with van der Waals surface area (Å²) in [6, 6.07) is 76.7. The zero-order valence-corrected chi connectivity index (χ0v) is 30.6. The summed E-state index contributed by atoms with van der Waals surface area (Å²) in [7, 11) is 0. The van der Waals surface area contributed by atoms with E-state index in [0.29, 0.717) is 0 Å². The van der Waals surface area contributed by atoms with Gasteiger partial charge in [0.15, 0.2) is 0 Å². The highest BCUT2D eigenvalue weighted by Crippen LogP contribution is 2.50. The molecular formula is C54H35NO. The molecule has 0 amide bonds. The van der Waals surface area contributed by atoms with Crippen molar-refractivity contribution in [2.75, 3.05) is 4.90 Å². The highest BCUT2D eigenvalue weighted by molar-refractivity contribution is 6.22. The second-order valence-electron chi connectivity index (χ2n) is 14.5. The number of para-hydroxylation sites is 1. The van der Waals surface area contributed by atoms with Crippen LogP contribution in [0.3, 0.4) is 0 Å². The third-order valence-electron chi connectivity index (χ3n) is 11.2. The van der Waals surface area contributed by atoms with E-state index in [0.717, 1.165) is 50.1 Å². The summed E-state index contributed by atoms with van der Waals surface area (Å²) in [6.45, 7) is 0. The fourth-order valence-electron chi connectivity index (χ4n) is 8.56. The van der Waals surface area contributed by atoms with E-state index in [-0.39, 0.29) is 0 Å². The Morgan fingerprint density at radius 1 is 0.286 bits per heavy atom. The van der Waals surface area contributed by atoms with Crippen molar-refractivity contribution in [1.29, 1.82) is 0 Å². The van der Waals surface area contributed by atoms with E-state index in [4.69, 9.17) is 4.42 Å². The minimum absolute atomic E-state index is 0.898. The second kappa shape index (κ2) is 13.2. The van der Waals surface area contributed by atoms with Gasteiger partial charge in [-0.05, 0) is 103 Å². The van der Waals surface area contributed by atoms with Crippen LogP contribution < -0.4 is 4.90 Å². The summed E-state index contributed by atoms with van der Waals surface area (Å²) in [5, 5.41) is 9.62. The largest absolute Gasteiger partial charge is 0.456 e. The maximum Gasteiger partial charge on any atom is 0.135 e. The van der Waals surface area contributed by atoms with Gasteiger partial charge in [-0.3, -0.25) is 0 Å². The minimum Gasteiger partial charge on any atom is -0.456 e. The summed E-state index contributed by atoms with van der Waals surface area (Å²) in [5.41, 5.74) is 12.2. The lowest BCUT2D eigenvalue weighted by Crippen LogP contribution is -2.12. The van der Waals surface area contributed by atoms with Gasteiger partial charge in [0.1, 0.15) is 11.2 Å². The van der Waals surface area contributed by atoms with Crippen molar-refractivity contribution < 1.29 is 4.42 Å². The van der Waals surface area contributed by atoms with Gasteiger partial charge >= 0.3 is 0 Å². The third-order valence-corrected chi connectivity index (χ3v) is 11.2. The van der Waals surface area contributed by atoms with Gasteiger partial charge in [0.2, 0.25) is 0 Å². The molecule has 1 heterocycles. The lowest BCUT2D eigenvalue weighted by Gasteiger charge is -2.31. The first kappa shape index (κ1) is 32.0. The minimum atomic E-state index is 0.898. The third kappa shape index (κ3) is 5.34. The predicted octanol–water partition coefficient (Wildman–Crippen LogP) is 15.5. The maximum atomic E-state index is 6.21. The zero-order chi connectivity index (χ0) is 37.0. The topological polar surface area (TPSA) is 16.4 Å². The normalized spacial score (nSPS) is 11.6. The van der Waals surface area contributed by atoms with Crippen LogP contribution in [-0.2, 0) is 0 Å². The van der Waals surface area contributed by atoms with Gasteiger partial charge in [-0.2, -0.15) is 0 Å². The molecule has 0 aliphatic heterocycles. The van der Waals surface area contributed by atoms with Gasteiger partial charge in [0.05, 0.1) is 5.69 Å². The summed E-state index contributed by atoms with van der Waals surface area (Å²) in [5.74, 6) is 0. The molecule has 0 radical (unpaired) electrons. The Labute approximate surface area is 325 Å². The summed E-state index contributed by atoms with van der Waals surface area (Å²) < 4.78 is 6.21. The SMILES string of the molecule is c1ccc(-c2c(N(c3ccc(-c4ccc5ccccc5c4)cc3)c3cccc(-c4ccc5oc6ccccc6c5c4)c3)c3ccccc3c3ccccc23)cc1. The van der Waals surface area contributed by atoms with E-state index in [1.165, 1.54) is 54.6 Å². The van der Waals surface area contributed by atoms with Crippen LogP contribution in [0.2, 0.25) is 0 Å². The molecule has 56 heavy (non-hydrogen) atoms. The Hall–Kier alpha value is -7.42. The molecule has 0 bridgehead atoms. The Kier molecular flexibility index (Phi) is 7.53. The van der Waals surface area contributed by atoms with E-state index in [1.807, 2.05) is 12.1 Å². The average molecular weight is 714 g/mol. The molecule has 1 aromatic heterocycles. The molecule has 11 rings (SSSR count). The summed E-state index contributed by atoms with van der Waals surface area (Å²) >= 11 is 0. The highest BCUT2D eigenvalue weighted by Gasteiger charge is 2.24. The van der Waals surface area contributed by atoms with Crippen molar-refractivity contribution in [3.05, 3.63) is 212 Å². The number of fused-ring (bicyclic) bond motifs is 7. The van der Waals surface area contributed by atoms with Crippen molar-refractivity contribution >= 4 is 71.3 Å². The number of furan rings is 1. The monoisotopic (exact) mass is 713 g/mol. The van der Waals surface area contributed by atoms with Crippen LogP contribution in [-0.4, -0.2) is 0 Å². The molecule has 10 aromatic carbocycles. The van der Waals surface area contributed by atoms with Crippen LogP contribution in [0.5, 0.6) is 0 Å². The maximum absolute atomic E-state index is 6.21. The molecule has 0 unspecified atom stereocenters. The molecule has 262 valence electrons. The summed E-state index contributed by atoms with van der Waals surface area (Å²) in [4.78, 5) is 2.47. The van der Waals surface area contributed by atoms with E-state index in [1.54, 1.807) is 0 Å². The molecule has 0 saturated heterocycles. The molecule has 2 nitrogen and oxygen atoms in total. The smallest absolute Gasteiger partial charge is 0.135 e. The van der Waals surface area contributed by atoms with Crippen LogP contribution in [0.1, 0.15) is 0 Å². The van der Waals surface area contributed by atoms with Gasteiger partial charge in [0.25, 0.3) is 0 Å².